The molecule has 0 amide bonds. The van der Waals surface area contributed by atoms with Crippen molar-refractivity contribution in [1.82, 2.24) is 0 Å². The van der Waals surface area contributed by atoms with Crippen LogP contribution in [0, 0.1) is 12.8 Å². The number of benzene rings is 1. The minimum atomic E-state index is 0.181. The number of rotatable bonds is 6. The molecule has 0 aliphatic carbocycles. The average Bonchev–Trinajstić information content (AvgIpc) is 2.25. The summed E-state index contributed by atoms with van der Waals surface area (Å²) in [6.45, 7) is 7.22. The molecule has 0 aliphatic rings. The fourth-order valence-electron chi connectivity index (χ4n) is 1.89. The minimum Gasteiger partial charge on any atom is -0.495 e. The summed E-state index contributed by atoms with van der Waals surface area (Å²) in [7, 11) is 1.68. The van der Waals surface area contributed by atoms with E-state index in [4.69, 9.17) is 10.5 Å². The second-order valence-electron chi connectivity index (χ2n) is 4.97. The average molecular weight is 236 g/mol. The van der Waals surface area contributed by atoms with E-state index in [-0.39, 0.29) is 6.04 Å². The summed E-state index contributed by atoms with van der Waals surface area (Å²) in [5.41, 5.74) is 8.28. The van der Waals surface area contributed by atoms with Crippen LogP contribution in [0.5, 0.6) is 5.75 Å². The molecule has 0 spiro atoms. The van der Waals surface area contributed by atoms with Crippen molar-refractivity contribution in [3.63, 3.8) is 0 Å². The number of hydrogen-bond donors (Lipinski definition) is 2. The summed E-state index contributed by atoms with van der Waals surface area (Å²) in [5.74, 6) is 1.50. The van der Waals surface area contributed by atoms with Gasteiger partial charge in [-0.1, -0.05) is 19.9 Å². The monoisotopic (exact) mass is 236 g/mol. The van der Waals surface area contributed by atoms with Gasteiger partial charge in [0.25, 0.3) is 0 Å². The van der Waals surface area contributed by atoms with E-state index in [1.54, 1.807) is 7.11 Å². The van der Waals surface area contributed by atoms with Crippen molar-refractivity contribution in [2.24, 2.45) is 11.7 Å². The van der Waals surface area contributed by atoms with E-state index in [2.05, 4.69) is 32.2 Å². The van der Waals surface area contributed by atoms with Gasteiger partial charge in [-0.15, -0.1) is 0 Å². The predicted molar refractivity (Wildman–Crippen MR) is 73.7 cm³/mol. The molecule has 1 aromatic rings. The molecule has 1 atom stereocenters. The van der Waals surface area contributed by atoms with E-state index in [0.29, 0.717) is 5.92 Å². The van der Waals surface area contributed by atoms with E-state index in [1.165, 1.54) is 5.56 Å². The van der Waals surface area contributed by atoms with Gasteiger partial charge in [0.1, 0.15) is 5.75 Å². The summed E-state index contributed by atoms with van der Waals surface area (Å²) in [4.78, 5) is 0. The molecule has 0 saturated carbocycles. The number of nitrogens with one attached hydrogen (secondary N) is 1. The van der Waals surface area contributed by atoms with Crippen LogP contribution in [-0.4, -0.2) is 19.7 Å². The summed E-state index contributed by atoms with van der Waals surface area (Å²) >= 11 is 0. The third-order valence-corrected chi connectivity index (χ3v) is 2.68. The van der Waals surface area contributed by atoms with Gasteiger partial charge in [-0.25, -0.2) is 0 Å². The van der Waals surface area contributed by atoms with Crippen LogP contribution in [0.2, 0.25) is 0 Å². The van der Waals surface area contributed by atoms with Crippen LogP contribution >= 0.6 is 0 Å². The highest BCUT2D eigenvalue weighted by Gasteiger charge is 2.07. The lowest BCUT2D eigenvalue weighted by Gasteiger charge is -2.17. The molecule has 17 heavy (non-hydrogen) atoms. The van der Waals surface area contributed by atoms with Crippen LogP contribution in [-0.2, 0) is 0 Å². The molecule has 0 aromatic heterocycles. The molecule has 0 saturated heterocycles. The maximum absolute atomic E-state index is 6.05. The molecule has 0 fully saturated rings. The van der Waals surface area contributed by atoms with Crippen molar-refractivity contribution in [1.29, 1.82) is 0 Å². The lowest BCUT2D eigenvalue weighted by molar-refractivity contribution is 0.416. The molecule has 3 N–H and O–H groups in total. The third-order valence-electron chi connectivity index (χ3n) is 2.68. The minimum absolute atomic E-state index is 0.181. The van der Waals surface area contributed by atoms with Crippen molar-refractivity contribution in [3.05, 3.63) is 23.8 Å². The Labute approximate surface area is 104 Å². The Morgan fingerprint density at radius 2 is 2.06 bits per heavy atom. The fourth-order valence-corrected chi connectivity index (χ4v) is 1.89. The van der Waals surface area contributed by atoms with Gasteiger partial charge in [0.15, 0.2) is 0 Å². The number of anilines is 1. The topological polar surface area (TPSA) is 47.3 Å². The Morgan fingerprint density at radius 3 is 2.65 bits per heavy atom. The lowest BCUT2D eigenvalue weighted by atomic mass is 10.0. The van der Waals surface area contributed by atoms with Gasteiger partial charge in [-0.2, -0.15) is 0 Å². The number of aryl methyl sites for hydroxylation is 1. The zero-order valence-electron chi connectivity index (χ0n) is 11.3. The number of methoxy groups -OCH3 is 1. The first-order valence-corrected chi connectivity index (χ1v) is 6.17. The zero-order valence-corrected chi connectivity index (χ0v) is 11.3. The lowest BCUT2D eigenvalue weighted by Crippen LogP contribution is -2.30. The maximum atomic E-state index is 6.05. The van der Waals surface area contributed by atoms with E-state index in [1.807, 2.05) is 12.1 Å². The Kier molecular flexibility index (Phi) is 5.29. The molecule has 3 heteroatoms. The van der Waals surface area contributed by atoms with Gasteiger partial charge in [0, 0.05) is 12.6 Å². The van der Waals surface area contributed by atoms with Crippen LogP contribution in [0.3, 0.4) is 0 Å². The SMILES string of the molecule is COc1ccc(C)cc1NCC(N)CC(C)C. The van der Waals surface area contributed by atoms with Gasteiger partial charge < -0.3 is 15.8 Å². The standard InChI is InChI=1S/C14H24N2O/c1-10(2)7-12(15)9-16-13-8-11(3)5-6-14(13)17-4/h5-6,8,10,12,16H,7,9,15H2,1-4H3. The van der Waals surface area contributed by atoms with Crippen LogP contribution in [0.25, 0.3) is 0 Å². The summed E-state index contributed by atoms with van der Waals surface area (Å²) < 4.78 is 5.31. The Balaban J connectivity index is 2.58. The van der Waals surface area contributed by atoms with Crippen molar-refractivity contribution in [2.45, 2.75) is 33.2 Å². The normalized spacial score (nSPS) is 12.6. The molecule has 1 aromatic carbocycles. The second-order valence-corrected chi connectivity index (χ2v) is 4.97. The molecule has 1 unspecified atom stereocenters. The molecule has 0 heterocycles. The van der Waals surface area contributed by atoms with Gasteiger partial charge in [-0.3, -0.25) is 0 Å². The zero-order chi connectivity index (χ0) is 12.8. The fraction of sp³-hybridized carbons (Fsp3) is 0.571. The van der Waals surface area contributed by atoms with Crippen molar-refractivity contribution >= 4 is 5.69 Å². The van der Waals surface area contributed by atoms with Gasteiger partial charge in [-0.05, 0) is 37.0 Å². The van der Waals surface area contributed by atoms with E-state index < -0.39 is 0 Å². The summed E-state index contributed by atoms with van der Waals surface area (Å²) in [6.07, 6.45) is 1.03. The maximum Gasteiger partial charge on any atom is 0.141 e. The van der Waals surface area contributed by atoms with E-state index in [9.17, 15) is 0 Å². The molecule has 0 bridgehead atoms. The highest BCUT2D eigenvalue weighted by atomic mass is 16.5. The molecule has 0 aliphatic heterocycles. The van der Waals surface area contributed by atoms with Crippen LogP contribution in [0.1, 0.15) is 25.8 Å². The quantitative estimate of drug-likeness (QED) is 0.798. The first-order chi connectivity index (χ1) is 8.02. The van der Waals surface area contributed by atoms with Gasteiger partial charge in [0.05, 0.1) is 12.8 Å². The van der Waals surface area contributed by atoms with Crippen molar-refractivity contribution in [2.75, 3.05) is 19.0 Å². The Hall–Kier alpha value is -1.22. The van der Waals surface area contributed by atoms with Crippen LogP contribution < -0.4 is 15.8 Å². The van der Waals surface area contributed by atoms with Gasteiger partial charge in [0.2, 0.25) is 0 Å². The third kappa shape index (κ3) is 4.65. The predicted octanol–water partition coefficient (Wildman–Crippen LogP) is 2.79. The Bertz CT molecular complexity index is 350. The van der Waals surface area contributed by atoms with Gasteiger partial charge >= 0.3 is 0 Å². The second kappa shape index (κ2) is 6.50. The number of hydrogen-bond acceptors (Lipinski definition) is 3. The highest BCUT2D eigenvalue weighted by molar-refractivity contribution is 5.58. The van der Waals surface area contributed by atoms with E-state index in [0.717, 1.165) is 24.4 Å². The Morgan fingerprint density at radius 1 is 1.35 bits per heavy atom. The molecule has 1 rings (SSSR count). The first-order valence-electron chi connectivity index (χ1n) is 6.17. The van der Waals surface area contributed by atoms with Crippen LogP contribution in [0.15, 0.2) is 18.2 Å². The van der Waals surface area contributed by atoms with E-state index >= 15 is 0 Å². The summed E-state index contributed by atoms with van der Waals surface area (Å²) in [5, 5.41) is 3.36. The number of ether oxygens (including phenoxy) is 1. The largest absolute Gasteiger partial charge is 0.495 e. The first kappa shape index (κ1) is 13.8. The molecular weight excluding hydrogens is 212 g/mol. The van der Waals surface area contributed by atoms with Crippen molar-refractivity contribution < 1.29 is 4.74 Å². The van der Waals surface area contributed by atoms with Crippen molar-refractivity contribution in [3.8, 4) is 5.75 Å². The van der Waals surface area contributed by atoms with Crippen LogP contribution in [0.4, 0.5) is 5.69 Å². The highest BCUT2D eigenvalue weighted by Crippen LogP contribution is 2.25. The molecular formula is C14H24N2O. The molecule has 96 valence electrons. The molecule has 3 nitrogen and oxygen atoms in total. The number of nitrogens with two attached hydrogens (primary N) is 1. The smallest absolute Gasteiger partial charge is 0.141 e. The molecule has 0 radical (unpaired) electrons. The summed E-state index contributed by atoms with van der Waals surface area (Å²) in [6, 6.07) is 6.28.